The molecule has 1 aliphatic carbocycles. The zero-order valence-electron chi connectivity index (χ0n) is 10.2. The Kier molecular flexibility index (Phi) is 3.81. The van der Waals surface area contributed by atoms with Crippen LogP contribution >= 0.6 is 0 Å². The van der Waals surface area contributed by atoms with Gasteiger partial charge in [-0.3, -0.25) is 0 Å². The summed E-state index contributed by atoms with van der Waals surface area (Å²) in [5.74, 6) is 0.739. The summed E-state index contributed by atoms with van der Waals surface area (Å²) in [5, 5.41) is 0. The number of nitrogens with zero attached hydrogens (tertiary/aromatic N) is 1. The fourth-order valence-electron chi connectivity index (χ4n) is 1.22. The molecule has 2 rings (SSSR count). The highest BCUT2D eigenvalue weighted by molar-refractivity contribution is 7.97. The maximum Gasteiger partial charge on any atom is 0.496 e. The molecule has 4 nitrogen and oxygen atoms in total. The van der Waals surface area contributed by atoms with Crippen LogP contribution in [-0.4, -0.2) is 27.2 Å². The summed E-state index contributed by atoms with van der Waals surface area (Å²) in [5.41, 5.74) is -5.19. The minimum absolute atomic E-state index is 0.0654. The zero-order valence-corrected chi connectivity index (χ0v) is 11.0. The van der Waals surface area contributed by atoms with Gasteiger partial charge in [-0.15, -0.1) is 0 Å². The van der Waals surface area contributed by atoms with Gasteiger partial charge in [0.15, 0.2) is 11.6 Å². The van der Waals surface area contributed by atoms with Crippen LogP contribution in [0.15, 0.2) is 12.3 Å². The van der Waals surface area contributed by atoms with Crippen LogP contribution in [0.25, 0.3) is 0 Å². The smallest absolute Gasteiger partial charge is 0.477 e. The molecule has 112 valence electrons. The van der Waals surface area contributed by atoms with E-state index in [1.54, 1.807) is 0 Å². The van der Waals surface area contributed by atoms with Crippen LogP contribution in [0.4, 0.5) is 17.6 Å². The Bertz CT molecular complexity index is 596. The summed E-state index contributed by atoms with van der Waals surface area (Å²) in [7, 11) is -4.92. The van der Waals surface area contributed by atoms with Gasteiger partial charge in [-0.25, -0.2) is 13.6 Å². The van der Waals surface area contributed by atoms with E-state index in [4.69, 9.17) is 4.74 Å². The molecule has 1 saturated carbocycles. The Morgan fingerprint density at radius 1 is 1.45 bits per heavy atom. The van der Waals surface area contributed by atoms with Crippen molar-refractivity contribution >= 4 is 15.7 Å². The number of rotatable bonds is 5. The van der Waals surface area contributed by atoms with E-state index in [1.165, 1.54) is 0 Å². The summed E-state index contributed by atoms with van der Waals surface area (Å²) in [6, 6.07) is 0.781. The minimum Gasteiger partial charge on any atom is -0.477 e. The lowest BCUT2D eigenvalue weighted by atomic mass is 10.4. The Morgan fingerprint density at radius 3 is 2.60 bits per heavy atom. The summed E-state index contributed by atoms with van der Waals surface area (Å²) >= 11 is 0. The molecule has 0 N–H and O–H groups in total. The van der Waals surface area contributed by atoms with Gasteiger partial charge in [-0.1, -0.05) is 0 Å². The molecule has 1 atom stereocenters. The molecule has 0 amide bonds. The first kappa shape index (κ1) is 14.9. The third-order valence-electron chi connectivity index (χ3n) is 2.54. The van der Waals surface area contributed by atoms with E-state index >= 15 is 0 Å². The van der Waals surface area contributed by atoms with E-state index in [-0.39, 0.29) is 5.88 Å². The second-order valence-corrected chi connectivity index (χ2v) is 6.21. The summed E-state index contributed by atoms with van der Waals surface area (Å²) in [4.78, 5) is 3.60. The molecule has 0 aliphatic heterocycles. The third kappa shape index (κ3) is 3.53. The third-order valence-corrected chi connectivity index (χ3v) is 3.69. The molecule has 1 unspecified atom stereocenters. The Balaban J connectivity index is 2.09. The van der Waals surface area contributed by atoms with Crippen molar-refractivity contribution in [2.45, 2.75) is 18.3 Å². The minimum atomic E-state index is -5.19. The lowest BCUT2D eigenvalue weighted by Crippen LogP contribution is -2.28. The van der Waals surface area contributed by atoms with Gasteiger partial charge in [0.1, 0.15) is 0 Å². The molecule has 0 spiro atoms. The molecule has 0 bridgehead atoms. The molecular formula is C11H11F4NO3S. The van der Waals surface area contributed by atoms with Crippen LogP contribution in [-0.2, 0) is 9.80 Å². The fraction of sp³-hybridized carbons (Fsp3) is 0.455. The van der Waals surface area contributed by atoms with Crippen LogP contribution in [0, 0.1) is 11.7 Å². The van der Waals surface area contributed by atoms with E-state index < -0.39 is 26.9 Å². The summed E-state index contributed by atoms with van der Waals surface area (Å²) in [6.07, 6.45) is 2.74. The molecular weight excluding hydrogens is 302 g/mol. The first-order chi connectivity index (χ1) is 9.19. The van der Waals surface area contributed by atoms with Gasteiger partial charge >= 0.3 is 5.51 Å². The molecule has 20 heavy (non-hydrogen) atoms. The van der Waals surface area contributed by atoms with Crippen LogP contribution < -0.4 is 8.92 Å². The topological polar surface area (TPSA) is 48.4 Å². The predicted molar refractivity (Wildman–Crippen MR) is 64.4 cm³/mol. The predicted octanol–water partition coefficient (Wildman–Crippen LogP) is 2.54. The molecule has 0 aromatic carbocycles. The van der Waals surface area contributed by atoms with E-state index in [2.05, 4.69) is 15.0 Å². The average molecular weight is 313 g/mol. The largest absolute Gasteiger partial charge is 0.496 e. The lowest BCUT2D eigenvalue weighted by molar-refractivity contribution is -0.0447. The van der Waals surface area contributed by atoms with Crippen molar-refractivity contribution in [2.24, 2.45) is 5.92 Å². The van der Waals surface area contributed by atoms with Crippen LogP contribution in [0.5, 0.6) is 11.6 Å². The molecule has 1 heterocycles. The van der Waals surface area contributed by atoms with E-state index in [0.717, 1.165) is 18.9 Å². The molecule has 9 heteroatoms. The van der Waals surface area contributed by atoms with Gasteiger partial charge in [0.05, 0.1) is 12.8 Å². The van der Waals surface area contributed by atoms with Gasteiger partial charge < -0.3 is 8.92 Å². The summed E-state index contributed by atoms with van der Waals surface area (Å²) in [6.45, 7) is 0.376. The fourth-order valence-corrected chi connectivity index (χ4v) is 1.73. The monoisotopic (exact) mass is 313 g/mol. The van der Waals surface area contributed by atoms with Crippen molar-refractivity contribution < 1.29 is 30.7 Å². The standard InChI is InChI=1S/C11H11F4NO3S/c1-20(17,11(13,14)15)19-9-5-16-10(4-8(9)12)18-6-7-2-3-7/h4-5,7H,1-3,6H2. The second-order valence-electron chi connectivity index (χ2n) is 4.35. The van der Waals surface area contributed by atoms with E-state index in [0.29, 0.717) is 18.7 Å². The number of hydrogen-bond donors (Lipinski definition) is 0. The highest BCUT2D eigenvalue weighted by atomic mass is 32.2. The van der Waals surface area contributed by atoms with Crippen molar-refractivity contribution in [3.63, 3.8) is 0 Å². The Morgan fingerprint density at radius 2 is 2.10 bits per heavy atom. The molecule has 1 aromatic heterocycles. The van der Waals surface area contributed by atoms with Gasteiger partial charge in [-0.05, 0) is 24.6 Å². The average Bonchev–Trinajstić information content (AvgIpc) is 3.12. The highest BCUT2D eigenvalue weighted by Crippen LogP contribution is 2.31. The van der Waals surface area contributed by atoms with Gasteiger partial charge in [0.25, 0.3) is 0 Å². The van der Waals surface area contributed by atoms with Crippen molar-refractivity contribution in [1.29, 1.82) is 0 Å². The van der Waals surface area contributed by atoms with Gasteiger partial charge in [0.2, 0.25) is 15.7 Å². The van der Waals surface area contributed by atoms with E-state index in [1.807, 2.05) is 0 Å². The SMILES string of the molecule is C=S(=O)(Oc1cnc(OCC2CC2)cc1F)C(F)(F)F. The first-order valence-electron chi connectivity index (χ1n) is 5.60. The quantitative estimate of drug-likeness (QED) is 0.619. The van der Waals surface area contributed by atoms with Crippen molar-refractivity contribution in [3.8, 4) is 11.6 Å². The normalized spacial score (nSPS) is 18.4. The van der Waals surface area contributed by atoms with Crippen molar-refractivity contribution in [1.82, 2.24) is 4.98 Å². The maximum atomic E-state index is 13.5. The zero-order chi connectivity index (χ0) is 15.0. The van der Waals surface area contributed by atoms with Crippen molar-refractivity contribution in [3.05, 3.63) is 18.1 Å². The Hall–Kier alpha value is -1.51. The molecule has 0 saturated heterocycles. The highest BCUT2D eigenvalue weighted by Gasteiger charge is 2.42. The number of aromatic nitrogens is 1. The first-order valence-corrected chi connectivity index (χ1v) is 7.25. The molecule has 1 aliphatic rings. The van der Waals surface area contributed by atoms with Crippen LogP contribution in [0.2, 0.25) is 0 Å². The van der Waals surface area contributed by atoms with E-state index in [9.17, 15) is 21.8 Å². The molecule has 1 fully saturated rings. The molecule has 1 aromatic rings. The Labute approximate surface area is 112 Å². The second kappa shape index (κ2) is 5.12. The number of halogens is 4. The number of pyridine rings is 1. The summed E-state index contributed by atoms with van der Waals surface area (Å²) < 4.78 is 70.9. The molecule has 0 radical (unpaired) electrons. The number of hydrogen-bond acceptors (Lipinski definition) is 4. The van der Waals surface area contributed by atoms with Crippen LogP contribution in [0.3, 0.4) is 0 Å². The van der Waals surface area contributed by atoms with Crippen molar-refractivity contribution in [2.75, 3.05) is 6.61 Å². The van der Waals surface area contributed by atoms with Gasteiger partial charge in [-0.2, -0.15) is 13.2 Å². The number of alkyl halides is 3. The van der Waals surface area contributed by atoms with Crippen LogP contribution in [0.1, 0.15) is 12.8 Å². The van der Waals surface area contributed by atoms with Gasteiger partial charge in [0, 0.05) is 6.07 Å². The number of ether oxygens (including phenoxy) is 1. The lowest BCUT2D eigenvalue weighted by Gasteiger charge is -2.14. The maximum absolute atomic E-state index is 13.5.